The normalized spacial score (nSPS) is 15.5. The van der Waals surface area contributed by atoms with Crippen LogP contribution in [0.1, 0.15) is 25.0 Å². The molecule has 0 saturated heterocycles. The highest BCUT2D eigenvalue weighted by atomic mass is 16.5. The van der Waals surface area contributed by atoms with Gasteiger partial charge in [0.15, 0.2) is 0 Å². The van der Waals surface area contributed by atoms with Gasteiger partial charge in [0.25, 0.3) is 0 Å². The number of benzene rings is 2. The smallest absolute Gasteiger partial charge is 0.123 e. The van der Waals surface area contributed by atoms with Crippen molar-refractivity contribution in [1.82, 2.24) is 0 Å². The lowest BCUT2D eigenvalue weighted by Crippen LogP contribution is -2.24. The molecule has 1 heterocycles. The average Bonchev–Trinajstić information content (AvgIpc) is 2.71. The zero-order valence-electron chi connectivity index (χ0n) is 11.8. The number of aromatic hydroxyl groups is 1. The van der Waals surface area contributed by atoms with Gasteiger partial charge in [-0.2, -0.15) is 0 Å². The summed E-state index contributed by atoms with van der Waals surface area (Å²) in [5.41, 5.74) is 3.42. The highest BCUT2D eigenvalue weighted by Crippen LogP contribution is 2.35. The molecule has 0 radical (unpaired) electrons. The molecule has 0 fully saturated rings. The Balaban J connectivity index is 1.69. The maximum Gasteiger partial charge on any atom is 0.123 e. The van der Waals surface area contributed by atoms with Gasteiger partial charge >= 0.3 is 0 Å². The second-order valence-electron chi connectivity index (χ2n) is 5.88. The lowest BCUT2D eigenvalue weighted by Gasteiger charge is -2.16. The van der Waals surface area contributed by atoms with Crippen LogP contribution in [0.5, 0.6) is 11.5 Å². The molecule has 1 aliphatic rings. The van der Waals surface area contributed by atoms with E-state index in [-0.39, 0.29) is 11.4 Å². The molecule has 0 saturated carbocycles. The maximum absolute atomic E-state index is 9.26. The minimum atomic E-state index is -0.0919. The summed E-state index contributed by atoms with van der Waals surface area (Å²) >= 11 is 0. The van der Waals surface area contributed by atoms with Crippen LogP contribution in [0.4, 0.5) is 5.69 Å². The van der Waals surface area contributed by atoms with Crippen molar-refractivity contribution in [1.29, 1.82) is 0 Å². The summed E-state index contributed by atoms with van der Waals surface area (Å²) in [6.45, 7) is 4.99. The summed E-state index contributed by atoms with van der Waals surface area (Å²) < 4.78 is 5.88. The molecule has 0 spiro atoms. The maximum atomic E-state index is 9.26. The Kier molecular flexibility index (Phi) is 3.05. The Morgan fingerprint density at radius 3 is 2.65 bits per heavy atom. The lowest BCUT2D eigenvalue weighted by molar-refractivity contribution is 0.138. The van der Waals surface area contributed by atoms with E-state index in [0.29, 0.717) is 0 Å². The highest BCUT2D eigenvalue weighted by molar-refractivity contribution is 5.47. The van der Waals surface area contributed by atoms with Crippen molar-refractivity contribution in [2.75, 3.05) is 5.32 Å². The molecule has 0 amide bonds. The van der Waals surface area contributed by atoms with Crippen molar-refractivity contribution in [3.8, 4) is 11.5 Å². The summed E-state index contributed by atoms with van der Waals surface area (Å²) in [6, 6.07) is 13.5. The van der Waals surface area contributed by atoms with Gasteiger partial charge in [0, 0.05) is 18.7 Å². The van der Waals surface area contributed by atoms with Crippen LogP contribution in [0.25, 0.3) is 0 Å². The predicted octanol–water partition coefficient (Wildman–Crippen LogP) is 3.72. The molecular formula is C17H19NO2. The molecule has 3 nitrogen and oxygen atoms in total. The van der Waals surface area contributed by atoms with Gasteiger partial charge in [0.1, 0.15) is 17.1 Å². The molecule has 2 aromatic rings. The fourth-order valence-electron chi connectivity index (χ4n) is 2.56. The number of phenolic OH excluding ortho intramolecular Hbond substituents is 1. The molecule has 1 aliphatic heterocycles. The van der Waals surface area contributed by atoms with Crippen molar-refractivity contribution in [2.24, 2.45) is 0 Å². The molecule has 3 rings (SSSR count). The van der Waals surface area contributed by atoms with E-state index in [1.165, 1.54) is 11.1 Å². The van der Waals surface area contributed by atoms with E-state index in [2.05, 4.69) is 37.4 Å². The molecule has 0 aromatic heterocycles. The Morgan fingerprint density at radius 1 is 1.15 bits per heavy atom. The van der Waals surface area contributed by atoms with E-state index in [1.807, 2.05) is 12.1 Å². The zero-order valence-corrected chi connectivity index (χ0v) is 11.8. The number of phenols is 1. The predicted molar refractivity (Wildman–Crippen MR) is 80.3 cm³/mol. The van der Waals surface area contributed by atoms with Gasteiger partial charge in [-0.1, -0.05) is 12.1 Å². The molecule has 0 bridgehead atoms. The van der Waals surface area contributed by atoms with Crippen molar-refractivity contribution < 1.29 is 9.84 Å². The number of anilines is 1. The van der Waals surface area contributed by atoms with E-state index in [9.17, 15) is 5.11 Å². The highest BCUT2D eigenvalue weighted by Gasteiger charge is 2.29. The summed E-state index contributed by atoms with van der Waals surface area (Å²) in [5, 5.41) is 12.6. The molecule has 2 N–H and O–H groups in total. The van der Waals surface area contributed by atoms with Crippen molar-refractivity contribution in [3.63, 3.8) is 0 Å². The zero-order chi connectivity index (χ0) is 14.2. The monoisotopic (exact) mass is 269 g/mol. The summed E-state index contributed by atoms with van der Waals surface area (Å²) in [6.07, 6.45) is 0.954. The Bertz CT molecular complexity index is 617. The minimum absolute atomic E-state index is 0.0919. The first-order chi connectivity index (χ1) is 9.52. The Hall–Kier alpha value is -2.16. The van der Waals surface area contributed by atoms with Crippen LogP contribution in [0.2, 0.25) is 0 Å². The summed E-state index contributed by atoms with van der Waals surface area (Å²) in [4.78, 5) is 0. The number of fused-ring (bicyclic) bond motifs is 1. The first kappa shape index (κ1) is 12.9. The largest absolute Gasteiger partial charge is 0.508 e. The Labute approximate surface area is 119 Å². The molecule has 20 heavy (non-hydrogen) atoms. The standard InChI is InChI=1S/C17H19NO2/c1-17(2)10-13-9-12(3-8-16(13)20-17)11-18-14-4-6-15(19)7-5-14/h3-9,18-19H,10-11H2,1-2H3. The number of rotatable bonds is 3. The third-order valence-corrected chi connectivity index (χ3v) is 3.49. The lowest BCUT2D eigenvalue weighted by atomic mass is 10.0. The van der Waals surface area contributed by atoms with Gasteiger partial charge in [-0.05, 0) is 55.3 Å². The quantitative estimate of drug-likeness (QED) is 0.834. The SMILES string of the molecule is CC1(C)Cc2cc(CNc3ccc(O)cc3)ccc2O1. The molecule has 2 aromatic carbocycles. The van der Waals surface area contributed by atoms with Crippen LogP contribution < -0.4 is 10.1 Å². The van der Waals surface area contributed by atoms with Crippen LogP contribution in [-0.4, -0.2) is 10.7 Å². The fraction of sp³-hybridized carbons (Fsp3) is 0.294. The minimum Gasteiger partial charge on any atom is -0.508 e. The fourth-order valence-corrected chi connectivity index (χ4v) is 2.56. The summed E-state index contributed by atoms with van der Waals surface area (Å²) in [5.74, 6) is 1.29. The van der Waals surface area contributed by atoms with Gasteiger partial charge in [0.2, 0.25) is 0 Å². The van der Waals surface area contributed by atoms with Crippen molar-refractivity contribution >= 4 is 5.69 Å². The van der Waals surface area contributed by atoms with Crippen LogP contribution >= 0.6 is 0 Å². The molecule has 0 unspecified atom stereocenters. The topological polar surface area (TPSA) is 41.5 Å². The van der Waals surface area contributed by atoms with Gasteiger partial charge in [-0.25, -0.2) is 0 Å². The van der Waals surface area contributed by atoms with E-state index in [0.717, 1.165) is 24.4 Å². The van der Waals surface area contributed by atoms with Crippen LogP contribution in [0.3, 0.4) is 0 Å². The second kappa shape index (κ2) is 4.75. The number of ether oxygens (including phenoxy) is 1. The van der Waals surface area contributed by atoms with Gasteiger partial charge in [-0.3, -0.25) is 0 Å². The van der Waals surface area contributed by atoms with E-state index in [1.54, 1.807) is 12.1 Å². The third-order valence-electron chi connectivity index (χ3n) is 3.49. The first-order valence-electron chi connectivity index (χ1n) is 6.86. The van der Waals surface area contributed by atoms with Crippen molar-refractivity contribution in [2.45, 2.75) is 32.4 Å². The van der Waals surface area contributed by atoms with Gasteiger partial charge in [0.05, 0.1) is 0 Å². The molecular weight excluding hydrogens is 250 g/mol. The molecule has 3 heteroatoms. The second-order valence-corrected chi connectivity index (χ2v) is 5.88. The van der Waals surface area contributed by atoms with E-state index in [4.69, 9.17) is 4.74 Å². The number of hydrogen-bond acceptors (Lipinski definition) is 3. The third kappa shape index (κ3) is 2.72. The average molecular weight is 269 g/mol. The van der Waals surface area contributed by atoms with Gasteiger partial charge < -0.3 is 15.2 Å². The number of hydrogen-bond donors (Lipinski definition) is 2. The summed E-state index contributed by atoms with van der Waals surface area (Å²) in [7, 11) is 0. The van der Waals surface area contributed by atoms with Crippen molar-refractivity contribution in [3.05, 3.63) is 53.6 Å². The Morgan fingerprint density at radius 2 is 1.90 bits per heavy atom. The molecule has 0 aliphatic carbocycles. The molecule has 104 valence electrons. The van der Waals surface area contributed by atoms with Crippen LogP contribution in [0.15, 0.2) is 42.5 Å². The molecule has 0 atom stereocenters. The van der Waals surface area contributed by atoms with Crippen LogP contribution in [0, 0.1) is 0 Å². The first-order valence-corrected chi connectivity index (χ1v) is 6.86. The number of nitrogens with one attached hydrogen (secondary N) is 1. The van der Waals surface area contributed by atoms with E-state index < -0.39 is 0 Å². The van der Waals surface area contributed by atoms with E-state index >= 15 is 0 Å². The van der Waals surface area contributed by atoms with Gasteiger partial charge in [-0.15, -0.1) is 0 Å². The van der Waals surface area contributed by atoms with Crippen LogP contribution in [-0.2, 0) is 13.0 Å².